The van der Waals surface area contributed by atoms with E-state index in [2.05, 4.69) is 25.9 Å². The minimum atomic E-state index is -0.750. The van der Waals surface area contributed by atoms with Crippen LogP contribution in [-0.4, -0.2) is 34.9 Å². The van der Waals surface area contributed by atoms with E-state index < -0.39 is 5.41 Å². The predicted octanol–water partition coefficient (Wildman–Crippen LogP) is 1.42. The Hall–Kier alpha value is -2.80. The number of nitrogens with zero attached hydrogens (tertiary/aromatic N) is 2. The number of carbonyl (C=O) groups excluding carboxylic acids is 2. The standard InChI is InChI=1S/C17H19N5O2/c23-15(21-13-1-6-18-7-2-13)11-17(5-10-20-12-17)16(24)22-14-3-8-19-9-4-14/h1-4,6-9,20H,5,10-12H2,(H,18,21,23)(H,19,22,24). The maximum Gasteiger partial charge on any atom is 0.232 e. The van der Waals surface area contributed by atoms with Gasteiger partial charge in [-0.3, -0.25) is 19.6 Å². The Kier molecular flexibility index (Phi) is 4.81. The molecule has 0 saturated carbocycles. The Morgan fingerprint density at radius 3 is 2.12 bits per heavy atom. The van der Waals surface area contributed by atoms with E-state index in [9.17, 15) is 9.59 Å². The molecule has 1 unspecified atom stereocenters. The van der Waals surface area contributed by atoms with Gasteiger partial charge in [0.1, 0.15) is 0 Å². The molecule has 2 aromatic heterocycles. The van der Waals surface area contributed by atoms with E-state index in [1.807, 2.05) is 0 Å². The van der Waals surface area contributed by atoms with E-state index in [4.69, 9.17) is 0 Å². The first-order chi connectivity index (χ1) is 11.7. The molecular formula is C17H19N5O2. The number of hydrogen-bond acceptors (Lipinski definition) is 5. The Morgan fingerprint density at radius 2 is 1.58 bits per heavy atom. The number of carbonyl (C=O) groups is 2. The molecule has 0 spiro atoms. The molecule has 1 fully saturated rings. The number of hydrogen-bond donors (Lipinski definition) is 3. The average molecular weight is 325 g/mol. The van der Waals surface area contributed by atoms with Crippen molar-refractivity contribution in [3.63, 3.8) is 0 Å². The summed E-state index contributed by atoms with van der Waals surface area (Å²) in [5.74, 6) is -0.335. The maximum absolute atomic E-state index is 12.8. The quantitative estimate of drug-likeness (QED) is 0.773. The van der Waals surface area contributed by atoms with Crippen LogP contribution in [0.4, 0.5) is 11.4 Å². The predicted molar refractivity (Wildman–Crippen MR) is 90.3 cm³/mol. The van der Waals surface area contributed by atoms with E-state index in [1.54, 1.807) is 49.1 Å². The maximum atomic E-state index is 12.8. The molecule has 124 valence electrons. The lowest BCUT2D eigenvalue weighted by Gasteiger charge is -2.26. The summed E-state index contributed by atoms with van der Waals surface area (Å²) in [6, 6.07) is 6.89. The summed E-state index contributed by atoms with van der Waals surface area (Å²) in [6.45, 7) is 1.19. The second-order valence-electron chi connectivity index (χ2n) is 5.86. The van der Waals surface area contributed by atoms with Crippen molar-refractivity contribution in [3.05, 3.63) is 49.1 Å². The van der Waals surface area contributed by atoms with Crippen LogP contribution in [0.25, 0.3) is 0 Å². The van der Waals surface area contributed by atoms with Crippen molar-refractivity contribution in [2.24, 2.45) is 5.41 Å². The van der Waals surface area contributed by atoms with Crippen molar-refractivity contribution in [2.75, 3.05) is 23.7 Å². The van der Waals surface area contributed by atoms with Crippen LogP contribution in [0.1, 0.15) is 12.8 Å². The summed E-state index contributed by atoms with van der Waals surface area (Å²) in [4.78, 5) is 33.0. The molecule has 0 aliphatic carbocycles. The molecule has 1 aliphatic heterocycles. The summed E-state index contributed by atoms with van der Waals surface area (Å²) >= 11 is 0. The van der Waals surface area contributed by atoms with Gasteiger partial charge < -0.3 is 16.0 Å². The molecule has 3 N–H and O–H groups in total. The molecule has 7 heteroatoms. The smallest absolute Gasteiger partial charge is 0.232 e. The third-order valence-electron chi connectivity index (χ3n) is 4.13. The molecule has 2 aromatic rings. The normalized spacial score (nSPS) is 19.7. The first-order valence-electron chi connectivity index (χ1n) is 7.80. The molecule has 1 atom stereocenters. The molecule has 1 aliphatic rings. The molecule has 3 heterocycles. The Labute approximate surface area is 139 Å². The van der Waals surface area contributed by atoms with Crippen LogP contribution in [0, 0.1) is 5.41 Å². The summed E-state index contributed by atoms with van der Waals surface area (Å²) in [7, 11) is 0. The topological polar surface area (TPSA) is 96.0 Å². The molecule has 0 radical (unpaired) electrons. The number of aromatic nitrogens is 2. The highest BCUT2D eigenvalue weighted by atomic mass is 16.2. The van der Waals surface area contributed by atoms with Crippen LogP contribution in [0.5, 0.6) is 0 Å². The van der Waals surface area contributed by atoms with Crippen molar-refractivity contribution < 1.29 is 9.59 Å². The van der Waals surface area contributed by atoms with Crippen LogP contribution in [0.15, 0.2) is 49.1 Å². The van der Waals surface area contributed by atoms with Gasteiger partial charge in [-0.2, -0.15) is 0 Å². The fraction of sp³-hybridized carbons (Fsp3) is 0.294. The summed E-state index contributed by atoms with van der Waals surface area (Å²) in [5.41, 5.74) is 0.599. The zero-order valence-electron chi connectivity index (χ0n) is 13.2. The molecule has 0 bridgehead atoms. The SMILES string of the molecule is O=C(CC1(C(=O)Nc2ccncc2)CCNC1)Nc1ccncc1. The van der Waals surface area contributed by atoms with Crippen molar-refractivity contribution >= 4 is 23.2 Å². The first-order valence-corrected chi connectivity index (χ1v) is 7.80. The molecule has 1 saturated heterocycles. The third-order valence-corrected chi connectivity index (χ3v) is 4.13. The van der Waals surface area contributed by atoms with E-state index in [0.717, 1.165) is 0 Å². The fourth-order valence-electron chi connectivity index (χ4n) is 2.82. The molecule has 7 nitrogen and oxygen atoms in total. The van der Waals surface area contributed by atoms with E-state index in [-0.39, 0.29) is 18.2 Å². The zero-order valence-corrected chi connectivity index (χ0v) is 13.2. The Balaban J connectivity index is 1.69. The van der Waals surface area contributed by atoms with E-state index in [1.165, 1.54) is 0 Å². The number of nitrogens with one attached hydrogen (secondary N) is 3. The lowest BCUT2D eigenvalue weighted by molar-refractivity contribution is -0.129. The van der Waals surface area contributed by atoms with Crippen LogP contribution in [-0.2, 0) is 9.59 Å². The van der Waals surface area contributed by atoms with Gasteiger partial charge in [0.25, 0.3) is 0 Å². The molecule has 2 amide bonds. The summed E-state index contributed by atoms with van der Waals surface area (Å²) < 4.78 is 0. The molecule has 0 aromatic carbocycles. The summed E-state index contributed by atoms with van der Waals surface area (Å²) in [5, 5.41) is 8.89. The third kappa shape index (κ3) is 3.75. The highest BCUT2D eigenvalue weighted by molar-refractivity contribution is 6.01. The van der Waals surface area contributed by atoms with Gasteiger partial charge in [-0.1, -0.05) is 0 Å². The fourth-order valence-corrected chi connectivity index (χ4v) is 2.82. The van der Waals surface area contributed by atoms with E-state index in [0.29, 0.717) is 30.9 Å². The lowest BCUT2D eigenvalue weighted by atomic mass is 9.82. The second kappa shape index (κ2) is 7.18. The van der Waals surface area contributed by atoms with Gasteiger partial charge in [0.2, 0.25) is 11.8 Å². The van der Waals surface area contributed by atoms with Crippen molar-refractivity contribution in [1.82, 2.24) is 15.3 Å². The number of pyridine rings is 2. The summed E-state index contributed by atoms with van der Waals surface area (Å²) in [6.07, 6.45) is 7.20. The van der Waals surface area contributed by atoms with Crippen LogP contribution >= 0.6 is 0 Å². The number of amides is 2. The Bertz CT molecular complexity index is 699. The Morgan fingerprint density at radius 1 is 1.00 bits per heavy atom. The van der Waals surface area contributed by atoms with Crippen LogP contribution in [0.3, 0.4) is 0 Å². The van der Waals surface area contributed by atoms with Crippen LogP contribution < -0.4 is 16.0 Å². The average Bonchev–Trinajstić information content (AvgIpc) is 3.06. The van der Waals surface area contributed by atoms with Crippen molar-refractivity contribution in [1.29, 1.82) is 0 Å². The number of anilines is 2. The minimum absolute atomic E-state index is 0.124. The van der Waals surface area contributed by atoms with Gasteiger partial charge in [-0.05, 0) is 37.2 Å². The van der Waals surface area contributed by atoms with Gasteiger partial charge in [0, 0.05) is 49.1 Å². The van der Waals surface area contributed by atoms with Crippen molar-refractivity contribution in [2.45, 2.75) is 12.8 Å². The molecule has 3 rings (SSSR count). The second-order valence-corrected chi connectivity index (χ2v) is 5.86. The lowest BCUT2D eigenvalue weighted by Crippen LogP contribution is -2.41. The zero-order chi connectivity index (χ0) is 16.8. The number of rotatable bonds is 5. The largest absolute Gasteiger partial charge is 0.326 e. The van der Waals surface area contributed by atoms with Gasteiger partial charge in [0.15, 0.2) is 0 Å². The first kappa shape index (κ1) is 16.1. The van der Waals surface area contributed by atoms with Gasteiger partial charge >= 0.3 is 0 Å². The monoisotopic (exact) mass is 325 g/mol. The van der Waals surface area contributed by atoms with Crippen LogP contribution in [0.2, 0.25) is 0 Å². The minimum Gasteiger partial charge on any atom is -0.326 e. The highest BCUT2D eigenvalue weighted by Crippen LogP contribution is 2.31. The molecular weight excluding hydrogens is 306 g/mol. The molecule has 24 heavy (non-hydrogen) atoms. The van der Waals surface area contributed by atoms with Gasteiger partial charge in [0.05, 0.1) is 5.41 Å². The highest BCUT2D eigenvalue weighted by Gasteiger charge is 2.43. The van der Waals surface area contributed by atoms with Crippen molar-refractivity contribution in [3.8, 4) is 0 Å². The van der Waals surface area contributed by atoms with Gasteiger partial charge in [-0.15, -0.1) is 0 Å². The van der Waals surface area contributed by atoms with E-state index >= 15 is 0 Å². The van der Waals surface area contributed by atoms with Gasteiger partial charge in [-0.25, -0.2) is 0 Å².